The topological polar surface area (TPSA) is 36.7 Å². The Kier molecular flexibility index (Phi) is 3.73. The van der Waals surface area contributed by atoms with Gasteiger partial charge in [0, 0.05) is 16.8 Å². The molecule has 0 amide bonds. The van der Waals surface area contributed by atoms with E-state index in [0.717, 1.165) is 5.56 Å². The number of nitrogens with zero attached hydrogens (tertiary/aromatic N) is 2. The number of benzene rings is 1. The Balaban J connectivity index is 2.08. The third kappa shape index (κ3) is 3.05. The first kappa shape index (κ1) is 11.6. The minimum absolute atomic E-state index is 0.216. The first-order valence-corrected chi connectivity index (χ1v) is 6.00. The van der Waals surface area contributed by atoms with E-state index in [1.54, 1.807) is 30.5 Å². The van der Waals surface area contributed by atoms with Gasteiger partial charge >= 0.3 is 0 Å². The van der Waals surface area contributed by atoms with Crippen LogP contribution in [0, 0.1) is 17.1 Å². The molecule has 1 heterocycles. The zero-order valence-corrected chi connectivity index (χ0v) is 9.75. The molecule has 0 radical (unpaired) electrons. The Labute approximate surface area is 103 Å². The first-order chi connectivity index (χ1) is 8.29. The second-order valence-corrected chi connectivity index (χ2v) is 4.40. The lowest BCUT2D eigenvalue weighted by molar-refractivity contribution is 0.602. The van der Waals surface area contributed by atoms with E-state index in [0.29, 0.717) is 16.3 Å². The Morgan fingerprint density at radius 1 is 1.29 bits per heavy atom. The molecular weight excluding hydrogens is 235 g/mol. The van der Waals surface area contributed by atoms with Gasteiger partial charge in [-0.3, -0.25) is 0 Å². The van der Waals surface area contributed by atoms with Crippen LogP contribution in [0.3, 0.4) is 0 Å². The predicted octanol–water partition coefficient (Wildman–Crippen LogP) is 3.38. The van der Waals surface area contributed by atoms with Crippen molar-refractivity contribution >= 4 is 11.8 Å². The maximum Gasteiger partial charge on any atom is 0.140 e. The van der Waals surface area contributed by atoms with Crippen molar-refractivity contribution in [3.05, 3.63) is 59.7 Å². The van der Waals surface area contributed by atoms with E-state index in [4.69, 9.17) is 5.26 Å². The Morgan fingerprint density at radius 3 is 2.88 bits per heavy atom. The maximum absolute atomic E-state index is 13.4. The van der Waals surface area contributed by atoms with Crippen molar-refractivity contribution in [2.45, 2.75) is 10.6 Å². The summed E-state index contributed by atoms with van der Waals surface area (Å²) in [7, 11) is 0. The molecule has 0 spiro atoms. The number of halogens is 1. The van der Waals surface area contributed by atoms with Crippen molar-refractivity contribution in [1.29, 1.82) is 5.26 Å². The van der Waals surface area contributed by atoms with Crippen molar-refractivity contribution in [2.24, 2.45) is 0 Å². The third-order valence-corrected chi connectivity index (χ3v) is 3.29. The van der Waals surface area contributed by atoms with Crippen LogP contribution in [0.2, 0.25) is 0 Å². The molecular formula is C13H9FN2S. The Bertz CT molecular complexity index is 563. The highest BCUT2D eigenvalue weighted by Crippen LogP contribution is 2.25. The summed E-state index contributed by atoms with van der Waals surface area (Å²) in [6.45, 7) is 0. The molecule has 4 heteroatoms. The molecule has 0 unspecified atom stereocenters. The van der Waals surface area contributed by atoms with E-state index in [1.807, 2.05) is 12.1 Å². The molecule has 0 saturated heterocycles. The monoisotopic (exact) mass is 244 g/mol. The maximum atomic E-state index is 13.4. The molecule has 2 aromatic rings. The van der Waals surface area contributed by atoms with Gasteiger partial charge < -0.3 is 0 Å². The SMILES string of the molecule is N#Cc1cc(CSc2ccccc2F)ccn1. The molecule has 0 aliphatic heterocycles. The highest BCUT2D eigenvalue weighted by molar-refractivity contribution is 7.98. The highest BCUT2D eigenvalue weighted by atomic mass is 32.2. The van der Waals surface area contributed by atoms with Crippen LogP contribution < -0.4 is 0 Å². The molecule has 0 saturated carbocycles. The van der Waals surface area contributed by atoms with Crippen LogP contribution in [-0.2, 0) is 5.75 Å². The fraction of sp³-hybridized carbons (Fsp3) is 0.0769. The lowest BCUT2D eigenvalue weighted by atomic mass is 10.2. The van der Waals surface area contributed by atoms with Crippen LogP contribution in [0.1, 0.15) is 11.3 Å². The molecule has 2 rings (SSSR count). The van der Waals surface area contributed by atoms with Crippen molar-refractivity contribution in [2.75, 3.05) is 0 Å². The molecule has 0 aliphatic carbocycles. The van der Waals surface area contributed by atoms with Gasteiger partial charge in [0.2, 0.25) is 0 Å². The average molecular weight is 244 g/mol. The summed E-state index contributed by atoms with van der Waals surface area (Å²) in [4.78, 5) is 4.50. The number of thioether (sulfide) groups is 1. The molecule has 84 valence electrons. The number of rotatable bonds is 3. The molecule has 0 aliphatic rings. The van der Waals surface area contributed by atoms with E-state index in [2.05, 4.69) is 4.98 Å². The van der Waals surface area contributed by atoms with Gasteiger partial charge in [-0.2, -0.15) is 5.26 Å². The van der Waals surface area contributed by atoms with Gasteiger partial charge in [0.1, 0.15) is 17.6 Å². The summed E-state index contributed by atoms with van der Waals surface area (Å²) in [5.41, 5.74) is 1.35. The van der Waals surface area contributed by atoms with Crippen molar-refractivity contribution in [3.63, 3.8) is 0 Å². The van der Waals surface area contributed by atoms with Gasteiger partial charge in [0.25, 0.3) is 0 Å². The number of pyridine rings is 1. The summed E-state index contributed by atoms with van der Waals surface area (Å²) in [5.74, 6) is 0.407. The van der Waals surface area contributed by atoms with Crippen molar-refractivity contribution < 1.29 is 4.39 Å². The fourth-order valence-corrected chi connectivity index (χ4v) is 2.23. The molecule has 0 fully saturated rings. The standard InChI is InChI=1S/C13H9FN2S/c14-12-3-1-2-4-13(12)17-9-10-5-6-16-11(7-10)8-15/h1-7H,9H2. The zero-order chi connectivity index (χ0) is 12.1. The van der Waals surface area contributed by atoms with Crippen molar-refractivity contribution in [3.8, 4) is 6.07 Å². The average Bonchev–Trinajstić information content (AvgIpc) is 2.38. The van der Waals surface area contributed by atoms with Crippen LogP contribution in [0.5, 0.6) is 0 Å². The van der Waals surface area contributed by atoms with E-state index in [1.165, 1.54) is 17.8 Å². The van der Waals surface area contributed by atoms with Gasteiger partial charge in [-0.05, 0) is 29.8 Å². The summed E-state index contributed by atoms with van der Waals surface area (Å²) in [6, 6.07) is 12.2. The van der Waals surface area contributed by atoms with Crippen LogP contribution in [-0.4, -0.2) is 4.98 Å². The second-order valence-electron chi connectivity index (χ2n) is 3.38. The molecule has 0 bridgehead atoms. The fourth-order valence-electron chi connectivity index (χ4n) is 1.35. The summed E-state index contributed by atoms with van der Waals surface area (Å²) >= 11 is 1.41. The van der Waals surface area contributed by atoms with Gasteiger partial charge in [0.05, 0.1) is 0 Å². The smallest absolute Gasteiger partial charge is 0.140 e. The molecule has 0 N–H and O–H groups in total. The van der Waals surface area contributed by atoms with Gasteiger partial charge in [-0.1, -0.05) is 12.1 Å². The van der Waals surface area contributed by atoms with Gasteiger partial charge in [-0.25, -0.2) is 9.37 Å². The van der Waals surface area contributed by atoms with E-state index in [9.17, 15) is 4.39 Å². The van der Waals surface area contributed by atoms with Gasteiger partial charge in [-0.15, -0.1) is 11.8 Å². The molecule has 1 aromatic heterocycles. The molecule has 1 aromatic carbocycles. The first-order valence-electron chi connectivity index (χ1n) is 5.02. The molecule has 0 atom stereocenters. The largest absolute Gasteiger partial charge is 0.246 e. The van der Waals surface area contributed by atoms with Crippen molar-refractivity contribution in [1.82, 2.24) is 4.98 Å². The van der Waals surface area contributed by atoms with Crippen LogP contribution in [0.15, 0.2) is 47.5 Å². The van der Waals surface area contributed by atoms with Gasteiger partial charge in [0.15, 0.2) is 0 Å². The number of hydrogen-bond acceptors (Lipinski definition) is 3. The van der Waals surface area contributed by atoms with E-state index < -0.39 is 0 Å². The lowest BCUT2D eigenvalue weighted by Crippen LogP contribution is -1.87. The Hall–Kier alpha value is -1.86. The summed E-state index contributed by atoms with van der Waals surface area (Å²) < 4.78 is 13.4. The quantitative estimate of drug-likeness (QED) is 0.776. The number of aromatic nitrogens is 1. The summed E-state index contributed by atoms with van der Waals surface area (Å²) in [6.07, 6.45) is 1.59. The summed E-state index contributed by atoms with van der Waals surface area (Å²) in [5, 5.41) is 8.71. The zero-order valence-electron chi connectivity index (χ0n) is 8.93. The predicted molar refractivity (Wildman–Crippen MR) is 64.9 cm³/mol. The number of hydrogen-bond donors (Lipinski definition) is 0. The normalized spacial score (nSPS) is 9.88. The minimum atomic E-state index is -0.216. The lowest BCUT2D eigenvalue weighted by Gasteiger charge is -2.03. The second kappa shape index (κ2) is 5.46. The van der Waals surface area contributed by atoms with Crippen LogP contribution in [0.4, 0.5) is 4.39 Å². The minimum Gasteiger partial charge on any atom is -0.246 e. The van der Waals surface area contributed by atoms with Crippen LogP contribution in [0.25, 0.3) is 0 Å². The Morgan fingerprint density at radius 2 is 2.12 bits per heavy atom. The molecule has 17 heavy (non-hydrogen) atoms. The van der Waals surface area contributed by atoms with E-state index in [-0.39, 0.29) is 5.82 Å². The third-order valence-electron chi connectivity index (χ3n) is 2.17. The van der Waals surface area contributed by atoms with Crippen LogP contribution >= 0.6 is 11.8 Å². The van der Waals surface area contributed by atoms with E-state index >= 15 is 0 Å². The molecule has 2 nitrogen and oxygen atoms in total. The highest BCUT2D eigenvalue weighted by Gasteiger charge is 2.02. The number of nitriles is 1.